The van der Waals surface area contributed by atoms with Gasteiger partial charge in [-0.3, -0.25) is 0 Å². The fraction of sp³-hybridized carbons (Fsp3) is 0.667. The van der Waals surface area contributed by atoms with Gasteiger partial charge in [-0.1, -0.05) is 13.8 Å². The van der Waals surface area contributed by atoms with E-state index in [1.165, 1.54) is 0 Å². The van der Waals surface area contributed by atoms with Crippen LogP contribution in [0, 0.1) is 5.41 Å². The van der Waals surface area contributed by atoms with Gasteiger partial charge < -0.3 is 0 Å². The Hall–Kier alpha value is -1.50. The topological polar surface area (TPSA) is 58.9 Å². The molecule has 0 aromatic heterocycles. The van der Waals surface area contributed by atoms with Crippen LogP contribution in [0.3, 0.4) is 0 Å². The highest BCUT2D eigenvalue weighted by Gasteiger charge is 2.31. The van der Waals surface area contributed by atoms with Gasteiger partial charge in [0.25, 0.3) is 0 Å². The first-order valence-corrected chi connectivity index (χ1v) is 5.32. The lowest BCUT2D eigenvalue weighted by Gasteiger charge is -2.34. The van der Waals surface area contributed by atoms with E-state index in [0.29, 0.717) is 12.1 Å². The molecule has 0 bridgehead atoms. The Balaban J connectivity index is 3.00. The lowest BCUT2D eigenvalue weighted by Crippen LogP contribution is -2.27. The third kappa shape index (κ3) is 3.27. The third-order valence-corrected chi connectivity index (χ3v) is 2.92. The summed E-state index contributed by atoms with van der Waals surface area (Å²) in [7, 11) is 0. The number of nitrogens with zero attached hydrogens (tertiary/aromatic N) is 2. The SMILES string of the molecule is C/C(N=C=O)=C1/CC(N=C=O)CC(C)(C)C1. The number of hydrogen-bond donors (Lipinski definition) is 0. The molecule has 86 valence electrons. The molecule has 1 atom stereocenters. The van der Waals surface area contributed by atoms with Crippen molar-refractivity contribution in [1.29, 1.82) is 0 Å². The Labute approximate surface area is 95.2 Å². The summed E-state index contributed by atoms with van der Waals surface area (Å²) < 4.78 is 0. The Bertz CT molecular complexity index is 397. The van der Waals surface area contributed by atoms with Crippen molar-refractivity contribution in [1.82, 2.24) is 0 Å². The second kappa shape index (κ2) is 5.02. The molecule has 1 aliphatic carbocycles. The highest BCUT2D eigenvalue weighted by atomic mass is 16.1. The summed E-state index contributed by atoms with van der Waals surface area (Å²) in [5.74, 6) is 0. The molecule has 0 saturated heterocycles. The van der Waals surface area contributed by atoms with Crippen molar-refractivity contribution >= 4 is 12.2 Å². The lowest BCUT2D eigenvalue weighted by atomic mass is 9.72. The van der Waals surface area contributed by atoms with Crippen LogP contribution in [0.1, 0.15) is 40.0 Å². The van der Waals surface area contributed by atoms with Gasteiger partial charge in [-0.15, -0.1) is 0 Å². The average molecular weight is 220 g/mol. The Morgan fingerprint density at radius 2 is 2.06 bits per heavy atom. The molecule has 0 N–H and O–H groups in total. The van der Waals surface area contributed by atoms with Crippen molar-refractivity contribution in [3.63, 3.8) is 0 Å². The van der Waals surface area contributed by atoms with Crippen LogP contribution in [0.2, 0.25) is 0 Å². The number of carbonyl (C=O) groups excluding carboxylic acids is 2. The molecule has 0 radical (unpaired) electrons. The molecular formula is C12H16N2O2. The number of isocyanates is 2. The molecule has 0 heterocycles. The van der Waals surface area contributed by atoms with E-state index in [0.717, 1.165) is 18.4 Å². The largest absolute Gasteiger partial charge is 0.240 e. The first-order chi connectivity index (χ1) is 7.48. The van der Waals surface area contributed by atoms with Crippen LogP contribution in [-0.2, 0) is 9.59 Å². The van der Waals surface area contributed by atoms with Crippen molar-refractivity contribution in [2.24, 2.45) is 15.4 Å². The van der Waals surface area contributed by atoms with Crippen LogP contribution in [-0.4, -0.2) is 18.2 Å². The number of allylic oxidation sites excluding steroid dienone is 1. The maximum absolute atomic E-state index is 10.3. The average Bonchev–Trinajstić information content (AvgIpc) is 2.16. The van der Waals surface area contributed by atoms with Gasteiger partial charge in [0.15, 0.2) is 0 Å². The first-order valence-electron chi connectivity index (χ1n) is 5.32. The summed E-state index contributed by atoms with van der Waals surface area (Å²) in [6.07, 6.45) is 5.60. The van der Waals surface area contributed by atoms with Crippen molar-refractivity contribution in [2.45, 2.75) is 46.1 Å². The molecule has 1 rings (SSSR count). The van der Waals surface area contributed by atoms with Crippen LogP contribution < -0.4 is 0 Å². The van der Waals surface area contributed by atoms with Crippen molar-refractivity contribution in [3.05, 3.63) is 11.3 Å². The number of hydrogen-bond acceptors (Lipinski definition) is 4. The van der Waals surface area contributed by atoms with Crippen molar-refractivity contribution < 1.29 is 9.59 Å². The van der Waals surface area contributed by atoms with Gasteiger partial charge in [0, 0.05) is 5.70 Å². The second-order valence-corrected chi connectivity index (χ2v) is 5.02. The fourth-order valence-corrected chi connectivity index (χ4v) is 2.31. The normalized spacial score (nSPS) is 26.3. The quantitative estimate of drug-likeness (QED) is 0.530. The van der Waals surface area contributed by atoms with Crippen molar-refractivity contribution in [3.8, 4) is 0 Å². The van der Waals surface area contributed by atoms with Gasteiger partial charge in [0.1, 0.15) is 0 Å². The molecule has 1 aliphatic rings. The van der Waals surface area contributed by atoms with Gasteiger partial charge in [0.2, 0.25) is 12.2 Å². The molecule has 0 aliphatic heterocycles. The van der Waals surface area contributed by atoms with Gasteiger partial charge in [-0.05, 0) is 37.2 Å². The van der Waals surface area contributed by atoms with Crippen molar-refractivity contribution in [2.75, 3.05) is 0 Å². The molecule has 1 saturated carbocycles. The molecule has 0 spiro atoms. The van der Waals surface area contributed by atoms with Crippen LogP contribution in [0.4, 0.5) is 0 Å². The smallest absolute Gasteiger partial charge is 0.211 e. The van der Waals surface area contributed by atoms with E-state index in [9.17, 15) is 9.59 Å². The molecule has 0 amide bonds. The first kappa shape index (κ1) is 12.6. The van der Waals surface area contributed by atoms with Crippen LogP contribution in [0.15, 0.2) is 21.3 Å². The summed E-state index contributed by atoms with van der Waals surface area (Å²) >= 11 is 0. The Morgan fingerprint density at radius 3 is 2.62 bits per heavy atom. The minimum Gasteiger partial charge on any atom is -0.211 e. The Kier molecular flexibility index (Phi) is 3.94. The zero-order chi connectivity index (χ0) is 12.2. The maximum Gasteiger partial charge on any atom is 0.240 e. The monoisotopic (exact) mass is 220 g/mol. The van der Waals surface area contributed by atoms with E-state index in [2.05, 4.69) is 23.8 Å². The fourth-order valence-electron chi connectivity index (χ4n) is 2.31. The van der Waals surface area contributed by atoms with Crippen LogP contribution in [0.25, 0.3) is 0 Å². The molecule has 4 nitrogen and oxygen atoms in total. The lowest BCUT2D eigenvalue weighted by molar-refractivity contribution is 0.263. The molecule has 0 aromatic carbocycles. The summed E-state index contributed by atoms with van der Waals surface area (Å²) in [5, 5.41) is 0. The van der Waals surface area contributed by atoms with Crippen LogP contribution in [0.5, 0.6) is 0 Å². The second-order valence-electron chi connectivity index (χ2n) is 5.02. The van der Waals surface area contributed by atoms with Crippen LogP contribution >= 0.6 is 0 Å². The summed E-state index contributed by atoms with van der Waals surface area (Å²) in [4.78, 5) is 27.9. The molecule has 4 heteroatoms. The van der Waals surface area contributed by atoms with Gasteiger partial charge >= 0.3 is 0 Å². The predicted molar refractivity (Wildman–Crippen MR) is 60.4 cm³/mol. The minimum atomic E-state index is -0.0342. The molecule has 16 heavy (non-hydrogen) atoms. The van der Waals surface area contributed by atoms with E-state index >= 15 is 0 Å². The zero-order valence-electron chi connectivity index (χ0n) is 9.91. The number of rotatable bonds is 2. The van der Waals surface area contributed by atoms with E-state index < -0.39 is 0 Å². The van der Waals surface area contributed by atoms with Gasteiger partial charge in [0.05, 0.1) is 6.04 Å². The van der Waals surface area contributed by atoms with E-state index in [-0.39, 0.29) is 11.5 Å². The third-order valence-electron chi connectivity index (χ3n) is 2.92. The summed E-state index contributed by atoms with van der Waals surface area (Å²) in [5.41, 5.74) is 1.87. The standard InChI is InChI=1S/C12H16N2O2/c1-9(13-7-15)10-4-11(14-8-16)6-12(2,3)5-10/h11H,4-6H2,1-3H3/b10-9+. The highest BCUT2D eigenvalue weighted by molar-refractivity contribution is 5.38. The molecule has 1 unspecified atom stereocenters. The summed E-state index contributed by atoms with van der Waals surface area (Å²) in [6, 6.07) is -0.0342. The van der Waals surface area contributed by atoms with E-state index in [4.69, 9.17) is 0 Å². The number of aliphatic imine (C=N–C) groups is 2. The Morgan fingerprint density at radius 1 is 1.38 bits per heavy atom. The zero-order valence-corrected chi connectivity index (χ0v) is 9.91. The highest BCUT2D eigenvalue weighted by Crippen LogP contribution is 2.40. The summed E-state index contributed by atoms with van der Waals surface area (Å²) in [6.45, 7) is 6.04. The predicted octanol–water partition coefficient (Wildman–Crippen LogP) is 2.51. The van der Waals surface area contributed by atoms with Gasteiger partial charge in [-0.2, -0.15) is 4.99 Å². The molecular weight excluding hydrogens is 204 g/mol. The van der Waals surface area contributed by atoms with Gasteiger partial charge in [-0.25, -0.2) is 14.6 Å². The molecule has 0 aromatic rings. The van der Waals surface area contributed by atoms with E-state index in [1.54, 1.807) is 19.1 Å². The minimum absolute atomic E-state index is 0.0342. The molecule has 1 fully saturated rings. The van der Waals surface area contributed by atoms with E-state index in [1.807, 2.05) is 0 Å². The maximum atomic E-state index is 10.3.